The summed E-state index contributed by atoms with van der Waals surface area (Å²) in [5.74, 6) is -0.753. The summed E-state index contributed by atoms with van der Waals surface area (Å²) in [6.07, 6.45) is 0.998. The van der Waals surface area contributed by atoms with Gasteiger partial charge in [-0.3, -0.25) is 9.59 Å². The lowest BCUT2D eigenvalue weighted by atomic mass is 10.1. The van der Waals surface area contributed by atoms with Crippen molar-refractivity contribution >= 4 is 46.4 Å². The first-order chi connectivity index (χ1) is 15.3. The van der Waals surface area contributed by atoms with Crippen molar-refractivity contribution in [2.24, 2.45) is 4.99 Å². The SMILES string of the molecule is CCC(Oc1ccc(/C=C2/SC(=Nc3cccc(C(C)=O)c3)NC2=O)cc1OC)C(=O)O. The van der Waals surface area contributed by atoms with Crippen LogP contribution in [0.3, 0.4) is 0 Å². The number of carboxylic acids is 1. The highest BCUT2D eigenvalue weighted by Gasteiger charge is 2.24. The molecule has 1 heterocycles. The van der Waals surface area contributed by atoms with Gasteiger partial charge in [0.25, 0.3) is 5.91 Å². The zero-order chi connectivity index (χ0) is 23.3. The number of ether oxygens (including phenoxy) is 2. The molecular weight excluding hydrogens is 432 g/mol. The Hall–Kier alpha value is -3.59. The van der Waals surface area contributed by atoms with Gasteiger partial charge in [0.1, 0.15) is 0 Å². The van der Waals surface area contributed by atoms with Crippen LogP contribution in [0, 0.1) is 0 Å². The molecule has 32 heavy (non-hydrogen) atoms. The topological polar surface area (TPSA) is 114 Å². The molecule has 1 fully saturated rings. The largest absolute Gasteiger partial charge is 0.493 e. The number of thioether (sulfide) groups is 1. The molecule has 1 atom stereocenters. The molecule has 1 amide bonds. The van der Waals surface area contributed by atoms with Gasteiger partial charge in [0.05, 0.1) is 17.7 Å². The van der Waals surface area contributed by atoms with Crippen molar-refractivity contribution in [2.45, 2.75) is 26.4 Å². The Kier molecular flexibility index (Phi) is 7.32. The highest BCUT2D eigenvalue weighted by molar-refractivity contribution is 8.18. The summed E-state index contributed by atoms with van der Waals surface area (Å²) in [7, 11) is 1.46. The van der Waals surface area contributed by atoms with E-state index in [1.54, 1.807) is 55.5 Å². The van der Waals surface area contributed by atoms with Crippen LogP contribution >= 0.6 is 11.8 Å². The molecule has 0 bridgehead atoms. The fourth-order valence-corrected chi connectivity index (χ4v) is 3.72. The van der Waals surface area contributed by atoms with Crippen molar-refractivity contribution in [1.29, 1.82) is 0 Å². The molecule has 1 unspecified atom stereocenters. The Bertz CT molecular complexity index is 1130. The summed E-state index contributed by atoms with van der Waals surface area (Å²) in [6.45, 7) is 3.20. The number of amidine groups is 1. The van der Waals surface area contributed by atoms with Gasteiger partial charge < -0.3 is 19.9 Å². The first-order valence-corrected chi connectivity index (χ1v) is 10.6. The molecule has 1 aliphatic heterocycles. The van der Waals surface area contributed by atoms with Gasteiger partial charge in [-0.25, -0.2) is 9.79 Å². The third-order valence-electron chi connectivity index (χ3n) is 4.54. The molecule has 2 N–H and O–H groups in total. The second-order valence-corrected chi connectivity index (χ2v) is 7.88. The molecule has 9 heteroatoms. The molecule has 2 aromatic rings. The van der Waals surface area contributed by atoms with E-state index in [0.717, 1.165) is 0 Å². The van der Waals surface area contributed by atoms with Gasteiger partial charge in [0.2, 0.25) is 0 Å². The van der Waals surface area contributed by atoms with E-state index in [9.17, 15) is 19.5 Å². The van der Waals surface area contributed by atoms with Crippen LogP contribution in [-0.4, -0.2) is 41.1 Å². The number of rotatable bonds is 8. The second kappa shape index (κ2) is 10.1. The lowest BCUT2D eigenvalue weighted by Crippen LogP contribution is -2.26. The molecule has 0 aliphatic carbocycles. The zero-order valence-electron chi connectivity index (χ0n) is 17.7. The van der Waals surface area contributed by atoms with Crippen LogP contribution in [-0.2, 0) is 9.59 Å². The van der Waals surface area contributed by atoms with Crippen LogP contribution in [0.25, 0.3) is 6.08 Å². The van der Waals surface area contributed by atoms with Crippen LogP contribution in [0.15, 0.2) is 52.4 Å². The number of hydrogen-bond acceptors (Lipinski definition) is 7. The first-order valence-electron chi connectivity index (χ1n) is 9.78. The number of nitrogens with zero attached hydrogens (tertiary/aromatic N) is 1. The lowest BCUT2D eigenvalue weighted by Gasteiger charge is -2.16. The lowest BCUT2D eigenvalue weighted by molar-refractivity contribution is -0.145. The first kappa shape index (κ1) is 23.1. The van der Waals surface area contributed by atoms with E-state index < -0.39 is 12.1 Å². The second-order valence-electron chi connectivity index (χ2n) is 6.85. The van der Waals surface area contributed by atoms with Gasteiger partial charge in [-0.05, 0) is 61.0 Å². The maximum Gasteiger partial charge on any atom is 0.344 e. The van der Waals surface area contributed by atoms with Crippen LogP contribution in [0.2, 0.25) is 0 Å². The third kappa shape index (κ3) is 5.55. The van der Waals surface area contributed by atoms with Gasteiger partial charge >= 0.3 is 5.97 Å². The summed E-state index contributed by atoms with van der Waals surface area (Å²) in [5.41, 5.74) is 1.78. The number of amides is 1. The number of benzene rings is 2. The predicted octanol–water partition coefficient (Wildman–Crippen LogP) is 4.03. The highest BCUT2D eigenvalue weighted by atomic mass is 32.2. The Balaban J connectivity index is 1.81. The Labute approximate surface area is 189 Å². The molecule has 0 radical (unpaired) electrons. The molecule has 166 valence electrons. The summed E-state index contributed by atoms with van der Waals surface area (Å²) < 4.78 is 10.9. The van der Waals surface area contributed by atoms with Gasteiger partial charge in [-0.2, -0.15) is 0 Å². The van der Waals surface area contributed by atoms with Gasteiger partial charge in [-0.15, -0.1) is 0 Å². The summed E-state index contributed by atoms with van der Waals surface area (Å²) >= 11 is 1.17. The number of carbonyl (C=O) groups is 3. The van der Waals surface area contributed by atoms with Crippen LogP contribution in [0.1, 0.15) is 36.2 Å². The van der Waals surface area contributed by atoms with Crippen LogP contribution in [0.4, 0.5) is 5.69 Å². The number of hydrogen-bond donors (Lipinski definition) is 2. The van der Waals surface area contributed by atoms with E-state index in [0.29, 0.717) is 44.8 Å². The molecular formula is C23H22N2O6S. The average molecular weight is 455 g/mol. The number of aliphatic imine (C=N–C) groups is 1. The minimum Gasteiger partial charge on any atom is -0.493 e. The smallest absolute Gasteiger partial charge is 0.344 e. The van der Waals surface area contributed by atoms with Gasteiger partial charge in [-0.1, -0.05) is 25.1 Å². The number of carboxylic acid groups (broad SMARTS) is 1. The average Bonchev–Trinajstić information content (AvgIpc) is 3.10. The molecule has 3 rings (SSSR count). The Morgan fingerprint density at radius 2 is 2.00 bits per heavy atom. The number of carbonyl (C=O) groups excluding carboxylic acids is 2. The molecule has 0 aromatic heterocycles. The third-order valence-corrected chi connectivity index (χ3v) is 5.44. The summed E-state index contributed by atoms with van der Waals surface area (Å²) in [4.78, 5) is 40.0. The minimum absolute atomic E-state index is 0.0641. The molecule has 2 aromatic carbocycles. The Morgan fingerprint density at radius 3 is 2.66 bits per heavy atom. The molecule has 0 spiro atoms. The fourth-order valence-electron chi connectivity index (χ4n) is 2.88. The maximum atomic E-state index is 12.4. The van der Waals surface area contributed by atoms with Crippen molar-refractivity contribution < 1.29 is 29.0 Å². The van der Waals surface area contributed by atoms with E-state index >= 15 is 0 Å². The molecule has 0 saturated carbocycles. The molecule has 1 aliphatic rings. The van der Waals surface area contributed by atoms with Crippen molar-refractivity contribution in [2.75, 3.05) is 7.11 Å². The van der Waals surface area contributed by atoms with Gasteiger partial charge in [0, 0.05) is 5.56 Å². The number of nitrogens with one attached hydrogen (secondary N) is 1. The van der Waals surface area contributed by atoms with Crippen molar-refractivity contribution in [1.82, 2.24) is 5.32 Å². The van der Waals surface area contributed by atoms with Crippen molar-refractivity contribution in [3.63, 3.8) is 0 Å². The monoisotopic (exact) mass is 454 g/mol. The molecule has 8 nitrogen and oxygen atoms in total. The number of Topliss-reactive ketones (excluding diaryl/α,β-unsaturated/α-hetero) is 1. The van der Waals surface area contributed by atoms with Crippen molar-refractivity contribution in [3.8, 4) is 11.5 Å². The zero-order valence-corrected chi connectivity index (χ0v) is 18.6. The number of methoxy groups -OCH3 is 1. The maximum absolute atomic E-state index is 12.4. The van der Waals surface area contributed by atoms with Crippen LogP contribution in [0.5, 0.6) is 11.5 Å². The highest BCUT2D eigenvalue weighted by Crippen LogP contribution is 2.33. The molecule has 1 saturated heterocycles. The van der Waals surface area contributed by atoms with Crippen molar-refractivity contribution in [3.05, 3.63) is 58.5 Å². The van der Waals surface area contributed by atoms with E-state index in [-0.39, 0.29) is 11.7 Å². The summed E-state index contributed by atoms with van der Waals surface area (Å²) in [5, 5.41) is 12.3. The number of ketones is 1. The summed E-state index contributed by atoms with van der Waals surface area (Å²) in [6, 6.07) is 11.8. The van der Waals surface area contributed by atoms with E-state index in [4.69, 9.17) is 9.47 Å². The minimum atomic E-state index is -1.06. The van der Waals surface area contributed by atoms with E-state index in [2.05, 4.69) is 10.3 Å². The fraction of sp³-hybridized carbons (Fsp3) is 0.217. The van der Waals surface area contributed by atoms with E-state index in [1.165, 1.54) is 25.8 Å². The predicted molar refractivity (Wildman–Crippen MR) is 123 cm³/mol. The standard InChI is InChI=1S/C23H22N2O6S/c1-4-17(22(28)29)31-18-9-8-14(10-19(18)30-3)11-20-21(27)25-23(32-20)24-16-7-5-6-15(12-16)13(2)26/h5-12,17H,4H2,1-3H3,(H,28,29)(H,24,25,27)/b20-11+. The Morgan fingerprint density at radius 1 is 1.22 bits per heavy atom. The van der Waals surface area contributed by atoms with E-state index in [1.807, 2.05) is 0 Å². The normalized spacial score (nSPS) is 16.7. The number of aliphatic carboxylic acids is 1. The van der Waals surface area contributed by atoms with Crippen LogP contribution < -0.4 is 14.8 Å². The van der Waals surface area contributed by atoms with Gasteiger partial charge in [0.15, 0.2) is 28.6 Å². The quantitative estimate of drug-likeness (QED) is 0.457.